The molecule has 25 heavy (non-hydrogen) atoms. The molecular weight excluding hydrogens is 346 g/mol. The predicted molar refractivity (Wildman–Crippen MR) is 97.2 cm³/mol. The van der Waals surface area contributed by atoms with Gasteiger partial charge in [-0.15, -0.1) is 12.4 Å². The van der Waals surface area contributed by atoms with Crippen LogP contribution in [-0.4, -0.2) is 32.7 Å². The van der Waals surface area contributed by atoms with E-state index >= 15 is 0 Å². The monoisotopic (exact) mass is 367 g/mol. The van der Waals surface area contributed by atoms with Gasteiger partial charge < -0.3 is 11.1 Å². The van der Waals surface area contributed by atoms with Crippen molar-refractivity contribution < 1.29 is 9.72 Å². The van der Waals surface area contributed by atoms with Crippen LogP contribution in [0.25, 0.3) is 5.69 Å². The maximum Gasteiger partial charge on any atom is 0.272 e. The van der Waals surface area contributed by atoms with Crippen LogP contribution < -0.4 is 11.1 Å². The van der Waals surface area contributed by atoms with Crippen LogP contribution in [0.4, 0.5) is 5.69 Å². The maximum atomic E-state index is 12.4. The highest BCUT2D eigenvalue weighted by atomic mass is 35.5. The average Bonchev–Trinajstić information content (AvgIpc) is 3.04. The van der Waals surface area contributed by atoms with Crippen molar-refractivity contribution >= 4 is 24.0 Å². The van der Waals surface area contributed by atoms with Crippen molar-refractivity contribution in [3.8, 4) is 5.69 Å². The highest BCUT2D eigenvalue weighted by molar-refractivity contribution is 5.92. The zero-order chi connectivity index (χ0) is 17.9. The molecule has 0 bridgehead atoms. The van der Waals surface area contributed by atoms with Crippen LogP contribution in [0.15, 0.2) is 36.5 Å². The van der Waals surface area contributed by atoms with Gasteiger partial charge in [-0.3, -0.25) is 14.9 Å². The Labute approximate surface area is 152 Å². The fourth-order valence-corrected chi connectivity index (χ4v) is 2.09. The van der Waals surface area contributed by atoms with Gasteiger partial charge in [-0.2, -0.15) is 5.10 Å². The van der Waals surface area contributed by atoms with Crippen LogP contribution in [-0.2, 0) is 0 Å². The van der Waals surface area contributed by atoms with Crippen molar-refractivity contribution in [3.05, 3.63) is 52.3 Å². The van der Waals surface area contributed by atoms with E-state index in [-0.39, 0.29) is 35.6 Å². The van der Waals surface area contributed by atoms with Crippen LogP contribution in [0.2, 0.25) is 0 Å². The number of rotatable bonds is 6. The molecule has 0 fully saturated rings. The molecule has 8 nitrogen and oxygen atoms in total. The van der Waals surface area contributed by atoms with E-state index in [9.17, 15) is 14.9 Å². The summed E-state index contributed by atoms with van der Waals surface area (Å²) in [5, 5.41) is 18.0. The van der Waals surface area contributed by atoms with E-state index < -0.39 is 10.5 Å². The maximum absolute atomic E-state index is 12.4. The van der Waals surface area contributed by atoms with Crippen molar-refractivity contribution in [1.29, 1.82) is 0 Å². The average molecular weight is 368 g/mol. The minimum atomic E-state index is -0.535. The lowest BCUT2D eigenvalue weighted by molar-refractivity contribution is -0.384. The molecule has 0 spiro atoms. The molecule has 2 rings (SSSR count). The lowest BCUT2D eigenvalue weighted by atomic mass is 9.88. The number of non-ortho nitro benzene ring substituents is 1. The van der Waals surface area contributed by atoms with Crippen molar-refractivity contribution in [2.75, 3.05) is 6.54 Å². The zero-order valence-corrected chi connectivity index (χ0v) is 15.1. The third kappa shape index (κ3) is 4.55. The number of hydrogen-bond acceptors (Lipinski definition) is 5. The number of aromatic nitrogens is 2. The standard InChI is InChI=1S/C16H21N5O3.ClH/c1-11(2)16(3,10-17)18-15(22)14-7-8-20(19-14)12-5-4-6-13(9-12)21(23)24;/h4-9,11H,10,17H2,1-3H3,(H,18,22);1H. The Morgan fingerprint density at radius 1 is 1.44 bits per heavy atom. The molecular formula is C16H22ClN5O3. The van der Waals surface area contributed by atoms with Gasteiger partial charge in [0.15, 0.2) is 5.69 Å². The smallest absolute Gasteiger partial charge is 0.272 e. The second-order valence-electron chi connectivity index (χ2n) is 6.15. The number of carbonyl (C=O) groups is 1. The summed E-state index contributed by atoms with van der Waals surface area (Å²) in [5.74, 6) is -0.175. The molecule has 1 atom stereocenters. The number of hydrogen-bond donors (Lipinski definition) is 2. The van der Waals surface area contributed by atoms with Gasteiger partial charge >= 0.3 is 0 Å². The van der Waals surface area contributed by atoms with Gasteiger partial charge in [0.25, 0.3) is 11.6 Å². The molecule has 1 aromatic heterocycles. The summed E-state index contributed by atoms with van der Waals surface area (Å²) in [6, 6.07) is 7.60. The van der Waals surface area contributed by atoms with Crippen molar-refractivity contribution in [2.45, 2.75) is 26.3 Å². The van der Waals surface area contributed by atoms with Crippen LogP contribution in [0, 0.1) is 16.0 Å². The summed E-state index contributed by atoms with van der Waals surface area (Å²) >= 11 is 0. The Hall–Kier alpha value is -2.45. The quantitative estimate of drug-likeness (QED) is 0.600. The minimum Gasteiger partial charge on any atom is -0.344 e. The van der Waals surface area contributed by atoms with Crippen LogP contribution in [0.5, 0.6) is 0 Å². The Bertz CT molecular complexity index is 762. The van der Waals surface area contributed by atoms with Gasteiger partial charge in [-0.05, 0) is 25.0 Å². The fraction of sp³-hybridized carbons (Fsp3) is 0.375. The van der Waals surface area contributed by atoms with Crippen molar-refractivity contribution in [3.63, 3.8) is 0 Å². The molecule has 1 amide bonds. The van der Waals surface area contributed by atoms with Gasteiger partial charge in [-0.25, -0.2) is 4.68 Å². The summed E-state index contributed by atoms with van der Waals surface area (Å²) in [5.41, 5.74) is 5.93. The number of benzene rings is 1. The minimum absolute atomic E-state index is 0. The van der Waals surface area contributed by atoms with Gasteiger partial charge in [0, 0.05) is 24.9 Å². The van der Waals surface area contributed by atoms with Crippen LogP contribution in [0.1, 0.15) is 31.3 Å². The number of nitrogens with one attached hydrogen (secondary N) is 1. The summed E-state index contributed by atoms with van der Waals surface area (Å²) in [6.45, 7) is 6.15. The topological polar surface area (TPSA) is 116 Å². The lowest BCUT2D eigenvalue weighted by Gasteiger charge is -2.33. The lowest BCUT2D eigenvalue weighted by Crippen LogP contribution is -2.55. The summed E-state index contributed by atoms with van der Waals surface area (Å²) in [7, 11) is 0. The van der Waals surface area contributed by atoms with E-state index in [1.807, 2.05) is 20.8 Å². The molecule has 0 aliphatic rings. The fourth-order valence-electron chi connectivity index (χ4n) is 2.09. The number of amides is 1. The van der Waals surface area contributed by atoms with E-state index in [4.69, 9.17) is 5.73 Å². The number of nitrogens with two attached hydrogens (primary N) is 1. The Morgan fingerprint density at radius 2 is 2.12 bits per heavy atom. The van der Waals surface area contributed by atoms with Gasteiger partial charge in [0.1, 0.15) is 0 Å². The van der Waals surface area contributed by atoms with E-state index in [1.165, 1.54) is 16.8 Å². The largest absolute Gasteiger partial charge is 0.344 e. The zero-order valence-electron chi connectivity index (χ0n) is 14.3. The molecule has 0 radical (unpaired) electrons. The Balaban J connectivity index is 0.00000312. The van der Waals surface area contributed by atoms with Gasteiger partial charge in [-0.1, -0.05) is 19.9 Å². The third-order valence-electron chi connectivity index (χ3n) is 4.22. The molecule has 136 valence electrons. The second kappa shape index (κ2) is 8.09. The molecule has 1 unspecified atom stereocenters. The first-order chi connectivity index (χ1) is 11.3. The molecule has 9 heteroatoms. The first-order valence-electron chi connectivity index (χ1n) is 7.60. The highest BCUT2D eigenvalue weighted by Gasteiger charge is 2.29. The molecule has 0 saturated heterocycles. The molecule has 0 aliphatic carbocycles. The number of nitro groups is 1. The first kappa shape index (κ1) is 20.6. The molecule has 1 aromatic carbocycles. The molecule has 0 saturated carbocycles. The number of halogens is 1. The van der Waals surface area contributed by atoms with Crippen molar-refractivity contribution in [1.82, 2.24) is 15.1 Å². The summed E-state index contributed by atoms with van der Waals surface area (Å²) in [6.07, 6.45) is 1.59. The number of nitrogens with zero attached hydrogens (tertiary/aromatic N) is 3. The number of nitro benzene ring substituents is 1. The van der Waals surface area contributed by atoms with Crippen LogP contribution >= 0.6 is 12.4 Å². The van der Waals surface area contributed by atoms with Crippen LogP contribution in [0.3, 0.4) is 0 Å². The van der Waals surface area contributed by atoms with E-state index in [0.29, 0.717) is 12.2 Å². The molecule has 2 aromatic rings. The molecule has 0 aliphatic heterocycles. The third-order valence-corrected chi connectivity index (χ3v) is 4.22. The van der Waals surface area contributed by atoms with Gasteiger partial charge in [0.2, 0.25) is 0 Å². The highest BCUT2D eigenvalue weighted by Crippen LogP contribution is 2.18. The Kier molecular flexibility index (Phi) is 6.66. The molecule has 1 heterocycles. The number of carbonyl (C=O) groups excluding carboxylic acids is 1. The predicted octanol–water partition coefficient (Wildman–Crippen LogP) is 2.31. The SMILES string of the molecule is CC(C)C(C)(CN)NC(=O)c1ccn(-c2cccc([N+](=O)[O-])c2)n1.Cl. The normalized spacial score (nSPS) is 13.0. The van der Waals surface area contributed by atoms with Crippen molar-refractivity contribution in [2.24, 2.45) is 11.7 Å². The Morgan fingerprint density at radius 3 is 2.68 bits per heavy atom. The molecule has 3 N–H and O–H groups in total. The summed E-state index contributed by atoms with van der Waals surface area (Å²) in [4.78, 5) is 22.8. The van der Waals surface area contributed by atoms with E-state index in [0.717, 1.165) is 0 Å². The summed E-state index contributed by atoms with van der Waals surface area (Å²) < 4.78 is 1.43. The first-order valence-corrected chi connectivity index (χ1v) is 7.60. The van der Waals surface area contributed by atoms with Gasteiger partial charge in [0.05, 0.1) is 16.1 Å². The van der Waals surface area contributed by atoms with E-state index in [2.05, 4.69) is 10.4 Å². The van der Waals surface area contributed by atoms with E-state index in [1.54, 1.807) is 24.4 Å². The second-order valence-corrected chi connectivity index (χ2v) is 6.15.